The van der Waals surface area contributed by atoms with Gasteiger partial charge in [0.15, 0.2) is 5.82 Å². The van der Waals surface area contributed by atoms with Crippen molar-refractivity contribution in [3.05, 3.63) is 66.5 Å². The molecule has 2 aromatic carbocycles. The lowest BCUT2D eigenvalue weighted by Crippen LogP contribution is -2.44. The van der Waals surface area contributed by atoms with Gasteiger partial charge in [-0.2, -0.15) is 0 Å². The summed E-state index contributed by atoms with van der Waals surface area (Å²) < 4.78 is 23.7. The fraction of sp³-hybridized carbons (Fsp3) is 0.320. The zero-order valence-corrected chi connectivity index (χ0v) is 18.5. The molecule has 0 spiro atoms. The highest BCUT2D eigenvalue weighted by molar-refractivity contribution is 5.79. The van der Waals surface area contributed by atoms with Crippen LogP contribution in [-0.2, 0) is 4.79 Å². The number of nitrogens with one attached hydrogen (secondary N) is 1. The molecule has 1 unspecified atom stereocenters. The van der Waals surface area contributed by atoms with E-state index in [0.717, 1.165) is 42.2 Å². The van der Waals surface area contributed by atoms with E-state index < -0.39 is 0 Å². The Morgan fingerprint density at radius 3 is 2.52 bits per heavy atom. The molecular weight excluding hydrogens is 423 g/mol. The molecule has 8 heteroatoms. The van der Waals surface area contributed by atoms with Crippen molar-refractivity contribution in [1.29, 1.82) is 0 Å². The number of piperidine rings is 1. The number of carbonyl (C=O) groups is 1. The fourth-order valence-electron chi connectivity index (χ4n) is 3.83. The monoisotopic (exact) mass is 450 g/mol. The van der Waals surface area contributed by atoms with Crippen LogP contribution in [0.5, 0.6) is 11.5 Å². The zero-order valence-electron chi connectivity index (χ0n) is 18.5. The van der Waals surface area contributed by atoms with Crippen LogP contribution in [0, 0.1) is 11.7 Å². The van der Waals surface area contributed by atoms with Crippen molar-refractivity contribution in [3.63, 3.8) is 0 Å². The maximum absolute atomic E-state index is 12.9. The van der Waals surface area contributed by atoms with Crippen LogP contribution in [0.25, 0.3) is 11.3 Å². The fourth-order valence-corrected chi connectivity index (χ4v) is 3.83. The molecule has 1 N–H and O–H groups in total. The van der Waals surface area contributed by atoms with E-state index in [9.17, 15) is 9.18 Å². The topological polar surface area (TPSA) is 76.6 Å². The summed E-state index contributed by atoms with van der Waals surface area (Å²) in [7, 11) is 1.64. The lowest BCUT2D eigenvalue weighted by molar-refractivity contribution is -0.125. The van der Waals surface area contributed by atoms with Crippen LogP contribution >= 0.6 is 0 Å². The number of hydrogen-bond acceptors (Lipinski definition) is 6. The molecule has 1 fully saturated rings. The van der Waals surface area contributed by atoms with Crippen molar-refractivity contribution in [2.24, 2.45) is 5.92 Å². The summed E-state index contributed by atoms with van der Waals surface area (Å²) in [5.41, 5.74) is 1.75. The molecular formula is C25H27FN4O3. The van der Waals surface area contributed by atoms with Crippen LogP contribution in [0.1, 0.15) is 12.8 Å². The number of hydrogen-bond donors (Lipinski definition) is 1. The lowest BCUT2D eigenvalue weighted by atomic mass is 9.97. The Hall–Kier alpha value is -3.68. The van der Waals surface area contributed by atoms with E-state index in [1.807, 2.05) is 36.4 Å². The van der Waals surface area contributed by atoms with Crippen molar-refractivity contribution in [2.75, 3.05) is 38.3 Å². The zero-order chi connectivity index (χ0) is 23.0. The van der Waals surface area contributed by atoms with Gasteiger partial charge in [-0.05, 0) is 73.5 Å². The van der Waals surface area contributed by atoms with Crippen LogP contribution < -0.4 is 19.7 Å². The van der Waals surface area contributed by atoms with E-state index >= 15 is 0 Å². The summed E-state index contributed by atoms with van der Waals surface area (Å²) in [6.07, 6.45) is 1.74. The summed E-state index contributed by atoms with van der Waals surface area (Å²) in [5, 5.41) is 11.7. The van der Waals surface area contributed by atoms with Crippen LogP contribution in [0.2, 0.25) is 0 Å². The average molecular weight is 451 g/mol. The largest absolute Gasteiger partial charge is 0.497 e. The van der Waals surface area contributed by atoms with E-state index in [4.69, 9.17) is 9.47 Å². The maximum atomic E-state index is 12.9. The number of carbonyl (C=O) groups excluding carboxylic acids is 1. The minimum Gasteiger partial charge on any atom is -0.497 e. The first-order chi connectivity index (χ1) is 16.1. The SMILES string of the molecule is COc1ccc(-c2ccc(N3CCCC(C(=O)NCCOc4ccc(F)cc4)C3)nn2)cc1. The molecule has 1 aromatic heterocycles. The Balaban J connectivity index is 1.27. The van der Waals surface area contributed by atoms with Crippen molar-refractivity contribution in [3.8, 4) is 22.8 Å². The second-order valence-corrected chi connectivity index (χ2v) is 7.88. The third-order valence-electron chi connectivity index (χ3n) is 5.64. The summed E-state index contributed by atoms with van der Waals surface area (Å²) in [5.74, 6) is 1.72. The number of methoxy groups -OCH3 is 1. The predicted molar refractivity (Wildman–Crippen MR) is 124 cm³/mol. The van der Waals surface area contributed by atoms with Crippen molar-refractivity contribution in [1.82, 2.24) is 15.5 Å². The van der Waals surface area contributed by atoms with Gasteiger partial charge >= 0.3 is 0 Å². The standard InChI is InChI=1S/C25H27FN4O3/c1-32-21-8-4-18(5-9-21)23-12-13-24(29-28-23)30-15-2-3-19(17-30)25(31)27-14-16-33-22-10-6-20(26)7-11-22/h4-13,19H,2-3,14-17H2,1H3,(H,27,31). The quantitative estimate of drug-likeness (QED) is 0.528. The van der Waals surface area contributed by atoms with E-state index in [2.05, 4.69) is 20.4 Å². The minimum atomic E-state index is -0.308. The van der Waals surface area contributed by atoms with Gasteiger partial charge in [0.2, 0.25) is 5.91 Å². The second-order valence-electron chi connectivity index (χ2n) is 7.88. The van der Waals surface area contributed by atoms with Crippen molar-refractivity contribution in [2.45, 2.75) is 12.8 Å². The van der Waals surface area contributed by atoms with Gasteiger partial charge in [0.25, 0.3) is 0 Å². The number of benzene rings is 2. The average Bonchev–Trinajstić information content (AvgIpc) is 2.88. The number of ether oxygens (including phenoxy) is 2. The summed E-state index contributed by atoms with van der Waals surface area (Å²) >= 11 is 0. The van der Waals surface area contributed by atoms with Gasteiger partial charge in [-0.25, -0.2) is 4.39 Å². The molecule has 2 heterocycles. The van der Waals surface area contributed by atoms with E-state index in [1.54, 1.807) is 19.2 Å². The minimum absolute atomic E-state index is 0.00483. The second kappa shape index (κ2) is 10.8. The Kier molecular flexibility index (Phi) is 7.34. The summed E-state index contributed by atoms with van der Waals surface area (Å²) in [6.45, 7) is 2.16. The smallest absolute Gasteiger partial charge is 0.225 e. The number of amides is 1. The Morgan fingerprint density at radius 2 is 1.82 bits per heavy atom. The third kappa shape index (κ3) is 5.97. The van der Waals surface area contributed by atoms with Gasteiger partial charge < -0.3 is 19.7 Å². The molecule has 1 aliphatic rings. The number of rotatable bonds is 8. The molecule has 1 aliphatic heterocycles. The summed E-state index contributed by atoms with van der Waals surface area (Å²) in [6, 6.07) is 17.4. The Labute approximate surface area is 192 Å². The molecule has 1 atom stereocenters. The normalized spacial score (nSPS) is 15.7. The highest BCUT2D eigenvalue weighted by Gasteiger charge is 2.26. The Bertz CT molecular complexity index is 1040. The van der Waals surface area contributed by atoms with E-state index in [0.29, 0.717) is 25.4 Å². The number of aromatic nitrogens is 2. The third-order valence-corrected chi connectivity index (χ3v) is 5.64. The van der Waals surface area contributed by atoms with Crippen LogP contribution in [0.3, 0.4) is 0 Å². The molecule has 7 nitrogen and oxygen atoms in total. The molecule has 0 bridgehead atoms. The molecule has 172 valence electrons. The summed E-state index contributed by atoms with van der Waals surface area (Å²) in [4.78, 5) is 14.7. The number of nitrogens with zero attached hydrogens (tertiary/aromatic N) is 3. The maximum Gasteiger partial charge on any atom is 0.225 e. The molecule has 33 heavy (non-hydrogen) atoms. The molecule has 4 rings (SSSR count). The first kappa shape index (κ1) is 22.5. The first-order valence-electron chi connectivity index (χ1n) is 11.0. The predicted octanol–water partition coefficient (Wildman–Crippen LogP) is 3.70. The van der Waals surface area contributed by atoms with Gasteiger partial charge in [-0.3, -0.25) is 4.79 Å². The lowest BCUT2D eigenvalue weighted by Gasteiger charge is -2.32. The highest BCUT2D eigenvalue weighted by atomic mass is 19.1. The van der Waals surface area contributed by atoms with Crippen LogP contribution in [0.4, 0.5) is 10.2 Å². The van der Waals surface area contributed by atoms with Gasteiger partial charge in [0.1, 0.15) is 23.9 Å². The molecule has 1 amide bonds. The van der Waals surface area contributed by atoms with Gasteiger partial charge in [-0.1, -0.05) is 0 Å². The Morgan fingerprint density at radius 1 is 1.06 bits per heavy atom. The highest BCUT2D eigenvalue weighted by Crippen LogP contribution is 2.24. The van der Waals surface area contributed by atoms with E-state index in [1.165, 1.54) is 12.1 Å². The van der Waals surface area contributed by atoms with Gasteiger partial charge in [0.05, 0.1) is 25.3 Å². The van der Waals surface area contributed by atoms with Crippen LogP contribution in [-0.4, -0.2) is 49.5 Å². The first-order valence-corrected chi connectivity index (χ1v) is 11.0. The molecule has 1 saturated heterocycles. The van der Waals surface area contributed by atoms with Crippen LogP contribution in [0.15, 0.2) is 60.7 Å². The van der Waals surface area contributed by atoms with Gasteiger partial charge in [0, 0.05) is 18.7 Å². The van der Waals surface area contributed by atoms with Gasteiger partial charge in [-0.15, -0.1) is 10.2 Å². The van der Waals surface area contributed by atoms with Crippen molar-refractivity contribution < 1.29 is 18.7 Å². The molecule has 0 radical (unpaired) electrons. The molecule has 0 saturated carbocycles. The van der Waals surface area contributed by atoms with E-state index in [-0.39, 0.29) is 17.6 Å². The number of halogens is 1. The molecule has 0 aliphatic carbocycles. The number of anilines is 1. The molecule has 3 aromatic rings. The van der Waals surface area contributed by atoms with Crippen molar-refractivity contribution >= 4 is 11.7 Å².